The summed E-state index contributed by atoms with van der Waals surface area (Å²) < 4.78 is 5.40. The van der Waals surface area contributed by atoms with Crippen LogP contribution in [0.15, 0.2) is 12.1 Å². The molecule has 0 spiro atoms. The SMILES string of the molecule is COc1cc(C)c(Cl)cc1C(N)C1CCCN1. The van der Waals surface area contributed by atoms with Gasteiger partial charge in [-0.05, 0) is 44.0 Å². The van der Waals surface area contributed by atoms with Crippen LogP contribution in [0.3, 0.4) is 0 Å². The lowest BCUT2D eigenvalue weighted by Crippen LogP contribution is -2.34. The molecule has 4 heteroatoms. The number of benzene rings is 1. The lowest BCUT2D eigenvalue weighted by atomic mass is 9.97. The molecule has 1 heterocycles. The highest BCUT2D eigenvalue weighted by Crippen LogP contribution is 2.33. The molecular weight excluding hydrogens is 236 g/mol. The number of rotatable bonds is 3. The van der Waals surface area contributed by atoms with E-state index in [2.05, 4.69) is 5.32 Å². The molecule has 2 unspecified atom stereocenters. The Morgan fingerprint density at radius 3 is 2.88 bits per heavy atom. The molecule has 0 bridgehead atoms. The van der Waals surface area contributed by atoms with Crippen LogP contribution in [0.5, 0.6) is 5.75 Å². The summed E-state index contributed by atoms with van der Waals surface area (Å²) in [4.78, 5) is 0. The summed E-state index contributed by atoms with van der Waals surface area (Å²) in [7, 11) is 1.67. The molecule has 1 aromatic carbocycles. The summed E-state index contributed by atoms with van der Waals surface area (Å²) >= 11 is 6.16. The molecule has 2 rings (SSSR count). The van der Waals surface area contributed by atoms with E-state index < -0.39 is 0 Å². The third kappa shape index (κ3) is 2.57. The average molecular weight is 255 g/mol. The summed E-state index contributed by atoms with van der Waals surface area (Å²) in [6, 6.07) is 4.14. The Bertz CT molecular complexity index is 403. The average Bonchev–Trinajstić information content (AvgIpc) is 2.84. The summed E-state index contributed by atoms with van der Waals surface area (Å²) in [5, 5.41) is 4.16. The van der Waals surface area contributed by atoms with Crippen LogP contribution in [0.25, 0.3) is 0 Å². The van der Waals surface area contributed by atoms with Crippen molar-refractivity contribution in [2.24, 2.45) is 5.73 Å². The van der Waals surface area contributed by atoms with Gasteiger partial charge in [-0.1, -0.05) is 11.6 Å². The Morgan fingerprint density at radius 2 is 2.29 bits per heavy atom. The van der Waals surface area contributed by atoms with Crippen LogP contribution in [0.4, 0.5) is 0 Å². The van der Waals surface area contributed by atoms with Crippen molar-refractivity contribution in [2.75, 3.05) is 13.7 Å². The predicted octanol–water partition coefficient (Wildman–Crippen LogP) is 2.41. The van der Waals surface area contributed by atoms with E-state index in [4.69, 9.17) is 22.1 Å². The smallest absolute Gasteiger partial charge is 0.124 e. The van der Waals surface area contributed by atoms with Crippen molar-refractivity contribution in [3.05, 3.63) is 28.3 Å². The monoisotopic (exact) mass is 254 g/mol. The van der Waals surface area contributed by atoms with E-state index in [-0.39, 0.29) is 6.04 Å². The Balaban J connectivity index is 2.32. The van der Waals surface area contributed by atoms with E-state index in [1.807, 2.05) is 19.1 Å². The van der Waals surface area contributed by atoms with Crippen molar-refractivity contribution in [1.82, 2.24) is 5.32 Å². The maximum absolute atomic E-state index is 6.29. The van der Waals surface area contributed by atoms with E-state index in [9.17, 15) is 0 Å². The fourth-order valence-corrected chi connectivity index (χ4v) is 2.51. The van der Waals surface area contributed by atoms with Gasteiger partial charge < -0.3 is 15.8 Å². The quantitative estimate of drug-likeness (QED) is 0.871. The molecule has 0 aliphatic carbocycles. The third-order valence-corrected chi connectivity index (χ3v) is 3.81. The first-order valence-electron chi connectivity index (χ1n) is 5.96. The lowest BCUT2D eigenvalue weighted by molar-refractivity contribution is 0.396. The standard InChI is InChI=1S/C13H19ClN2O/c1-8-6-12(17-2)9(7-10(8)14)13(15)11-4-3-5-16-11/h6-7,11,13,16H,3-5,15H2,1-2H3. The van der Waals surface area contributed by atoms with Crippen LogP contribution in [-0.4, -0.2) is 19.7 Å². The van der Waals surface area contributed by atoms with Crippen LogP contribution >= 0.6 is 11.6 Å². The van der Waals surface area contributed by atoms with Crippen molar-refractivity contribution in [2.45, 2.75) is 31.8 Å². The zero-order valence-corrected chi connectivity index (χ0v) is 11.1. The molecule has 0 radical (unpaired) electrons. The number of nitrogens with two attached hydrogens (primary N) is 1. The molecule has 1 aliphatic heterocycles. The molecule has 1 aliphatic rings. The van der Waals surface area contributed by atoms with Gasteiger partial charge in [-0.25, -0.2) is 0 Å². The van der Waals surface area contributed by atoms with Crippen LogP contribution in [-0.2, 0) is 0 Å². The molecule has 3 N–H and O–H groups in total. The molecular formula is C13H19ClN2O. The highest BCUT2D eigenvalue weighted by atomic mass is 35.5. The number of nitrogens with one attached hydrogen (secondary N) is 1. The summed E-state index contributed by atoms with van der Waals surface area (Å²) in [5.41, 5.74) is 8.30. The first kappa shape index (κ1) is 12.7. The van der Waals surface area contributed by atoms with E-state index >= 15 is 0 Å². The topological polar surface area (TPSA) is 47.3 Å². The predicted molar refractivity (Wildman–Crippen MR) is 70.7 cm³/mol. The van der Waals surface area contributed by atoms with Crippen LogP contribution in [0.1, 0.15) is 30.0 Å². The molecule has 17 heavy (non-hydrogen) atoms. The fourth-order valence-electron chi connectivity index (χ4n) is 2.34. The zero-order chi connectivity index (χ0) is 12.4. The molecule has 94 valence electrons. The molecule has 0 amide bonds. The molecule has 1 aromatic rings. The number of hydrogen-bond donors (Lipinski definition) is 2. The van der Waals surface area contributed by atoms with Gasteiger partial charge in [0.25, 0.3) is 0 Å². The van der Waals surface area contributed by atoms with Gasteiger partial charge in [0.2, 0.25) is 0 Å². The summed E-state index contributed by atoms with van der Waals surface area (Å²) in [6.07, 6.45) is 2.29. The second-order valence-electron chi connectivity index (χ2n) is 4.57. The molecule has 1 fully saturated rings. The van der Waals surface area contributed by atoms with Crippen molar-refractivity contribution < 1.29 is 4.74 Å². The fraction of sp³-hybridized carbons (Fsp3) is 0.538. The Labute approximate surface area is 107 Å². The number of methoxy groups -OCH3 is 1. The highest BCUT2D eigenvalue weighted by Gasteiger charge is 2.25. The van der Waals surface area contributed by atoms with Crippen molar-refractivity contribution in [3.8, 4) is 5.75 Å². The van der Waals surface area contributed by atoms with E-state index in [0.717, 1.165) is 34.9 Å². The molecule has 1 saturated heterocycles. The van der Waals surface area contributed by atoms with Crippen molar-refractivity contribution in [3.63, 3.8) is 0 Å². The van der Waals surface area contributed by atoms with E-state index in [1.54, 1.807) is 7.11 Å². The maximum atomic E-state index is 6.29. The number of ether oxygens (including phenoxy) is 1. The van der Waals surface area contributed by atoms with Gasteiger partial charge in [0.1, 0.15) is 5.75 Å². The van der Waals surface area contributed by atoms with E-state index in [1.165, 1.54) is 6.42 Å². The van der Waals surface area contributed by atoms with E-state index in [0.29, 0.717) is 6.04 Å². The van der Waals surface area contributed by atoms with Gasteiger partial charge in [0.15, 0.2) is 0 Å². The van der Waals surface area contributed by atoms with Crippen LogP contribution < -0.4 is 15.8 Å². The van der Waals surface area contributed by atoms with Crippen molar-refractivity contribution >= 4 is 11.6 Å². The number of aryl methyl sites for hydroxylation is 1. The maximum Gasteiger partial charge on any atom is 0.124 e. The van der Waals surface area contributed by atoms with Gasteiger partial charge in [-0.2, -0.15) is 0 Å². The molecule has 2 atom stereocenters. The Kier molecular flexibility index (Phi) is 3.92. The molecule has 3 nitrogen and oxygen atoms in total. The summed E-state index contributed by atoms with van der Waals surface area (Å²) in [5.74, 6) is 0.827. The third-order valence-electron chi connectivity index (χ3n) is 3.40. The lowest BCUT2D eigenvalue weighted by Gasteiger charge is -2.22. The largest absolute Gasteiger partial charge is 0.496 e. The van der Waals surface area contributed by atoms with Gasteiger partial charge in [-0.15, -0.1) is 0 Å². The second kappa shape index (κ2) is 5.25. The van der Waals surface area contributed by atoms with Crippen molar-refractivity contribution in [1.29, 1.82) is 0 Å². The zero-order valence-electron chi connectivity index (χ0n) is 10.3. The number of hydrogen-bond acceptors (Lipinski definition) is 3. The highest BCUT2D eigenvalue weighted by molar-refractivity contribution is 6.31. The number of halogens is 1. The normalized spacial score (nSPS) is 21.5. The Hall–Kier alpha value is -0.770. The van der Waals surface area contributed by atoms with Gasteiger partial charge in [0.05, 0.1) is 7.11 Å². The first-order valence-corrected chi connectivity index (χ1v) is 6.34. The minimum Gasteiger partial charge on any atom is -0.496 e. The minimum atomic E-state index is -0.0643. The minimum absolute atomic E-state index is 0.0643. The van der Waals surface area contributed by atoms with Gasteiger partial charge >= 0.3 is 0 Å². The first-order chi connectivity index (χ1) is 8.13. The van der Waals surface area contributed by atoms with Crippen LogP contribution in [0.2, 0.25) is 5.02 Å². The van der Waals surface area contributed by atoms with Gasteiger partial charge in [-0.3, -0.25) is 0 Å². The molecule has 0 aromatic heterocycles. The van der Waals surface area contributed by atoms with Crippen LogP contribution in [0, 0.1) is 6.92 Å². The molecule has 0 saturated carbocycles. The van der Waals surface area contributed by atoms with Gasteiger partial charge in [0, 0.05) is 22.7 Å². The second-order valence-corrected chi connectivity index (χ2v) is 4.98. The summed E-state index contributed by atoms with van der Waals surface area (Å²) in [6.45, 7) is 3.01. The Morgan fingerprint density at radius 1 is 1.53 bits per heavy atom.